The number of nitrogens with zero attached hydrogens (tertiary/aromatic N) is 1. The monoisotopic (exact) mass is 335 g/mol. The Kier molecular flexibility index (Phi) is 4.38. The van der Waals surface area contributed by atoms with E-state index in [0.29, 0.717) is 16.4 Å². The highest BCUT2D eigenvalue weighted by molar-refractivity contribution is 7.10. The summed E-state index contributed by atoms with van der Waals surface area (Å²) in [6.07, 6.45) is 1.01. The second-order valence-corrected chi connectivity index (χ2v) is 6.90. The van der Waals surface area contributed by atoms with Gasteiger partial charge in [0.25, 0.3) is 0 Å². The molecule has 1 unspecified atom stereocenters. The van der Waals surface area contributed by atoms with E-state index in [2.05, 4.69) is 21.7 Å². The van der Waals surface area contributed by atoms with Crippen LogP contribution in [0.1, 0.15) is 17.4 Å². The summed E-state index contributed by atoms with van der Waals surface area (Å²) in [5.74, 6) is -0.0274. The molecule has 1 aliphatic heterocycles. The fourth-order valence-electron chi connectivity index (χ4n) is 2.63. The van der Waals surface area contributed by atoms with Crippen LogP contribution < -0.4 is 11.1 Å². The van der Waals surface area contributed by atoms with E-state index in [4.69, 9.17) is 17.3 Å². The van der Waals surface area contributed by atoms with Crippen LogP contribution in [-0.4, -0.2) is 23.4 Å². The van der Waals surface area contributed by atoms with Crippen molar-refractivity contribution >= 4 is 40.2 Å². The molecule has 1 aliphatic rings. The van der Waals surface area contributed by atoms with Crippen LogP contribution in [0.3, 0.4) is 0 Å². The second kappa shape index (κ2) is 6.28. The number of nitrogens with two attached hydrogens (primary N) is 1. The average Bonchev–Trinajstić information content (AvgIpc) is 2.97. The van der Waals surface area contributed by atoms with E-state index in [9.17, 15) is 4.79 Å². The van der Waals surface area contributed by atoms with Gasteiger partial charge in [0, 0.05) is 23.7 Å². The summed E-state index contributed by atoms with van der Waals surface area (Å²) in [7, 11) is 0. The van der Waals surface area contributed by atoms with Crippen molar-refractivity contribution in [3.63, 3.8) is 0 Å². The van der Waals surface area contributed by atoms with Gasteiger partial charge in [0.2, 0.25) is 5.91 Å². The molecule has 3 rings (SSSR count). The molecule has 0 saturated carbocycles. The normalized spacial score (nSPS) is 16.1. The average molecular weight is 336 g/mol. The minimum Gasteiger partial charge on any atom is -0.397 e. The van der Waals surface area contributed by atoms with Crippen molar-refractivity contribution in [2.45, 2.75) is 25.9 Å². The van der Waals surface area contributed by atoms with Crippen molar-refractivity contribution < 1.29 is 4.79 Å². The molecule has 1 amide bonds. The van der Waals surface area contributed by atoms with Crippen molar-refractivity contribution in [3.8, 4) is 0 Å². The molecule has 0 saturated heterocycles. The Morgan fingerprint density at radius 2 is 2.27 bits per heavy atom. The molecule has 1 aromatic heterocycles. The van der Waals surface area contributed by atoms with Gasteiger partial charge in [-0.05, 0) is 48.6 Å². The number of halogens is 1. The van der Waals surface area contributed by atoms with Crippen molar-refractivity contribution in [2.75, 3.05) is 17.6 Å². The maximum Gasteiger partial charge on any atom is 0.241 e. The highest BCUT2D eigenvalue weighted by Crippen LogP contribution is 2.26. The van der Waals surface area contributed by atoms with E-state index in [1.54, 1.807) is 29.5 Å². The van der Waals surface area contributed by atoms with E-state index in [1.165, 1.54) is 10.4 Å². The Balaban J connectivity index is 1.66. The van der Waals surface area contributed by atoms with E-state index >= 15 is 0 Å². The van der Waals surface area contributed by atoms with Crippen molar-refractivity contribution in [1.29, 1.82) is 0 Å². The molecule has 2 heterocycles. The number of amides is 1. The fraction of sp³-hybridized carbons (Fsp3) is 0.312. The number of rotatable bonds is 3. The maximum atomic E-state index is 12.4. The highest BCUT2D eigenvalue weighted by Gasteiger charge is 2.25. The van der Waals surface area contributed by atoms with Crippen molar-refractivity contribution in [2.24, 2.45) is 0 Å². The van der Waals surface area contributed by atoms with Crippen molar-refractivity contribution in [1.82, 2.24) is 4.90 Å². The van der Waals surface area contributed by atoms with Gasteiger partial charge in [0.05, 0.1) is 16.8 Å². The Morgan fingerprint density at radius 3 is 3.05 bits per heavy atom. The molecule has 1 atom stereocenters. The molecule has 0 spiro atoms. The summed E-state index contributed by atoms with van der Waals surface area (Å²) in [5, 5.41) is 5.52. The zero-order chi connectivity index (χ0) is 15.7. The summed E-state index contributed by atoms with van der Waals surface area (Å²) in [5.41, 5.74) is 8.24. The number of fused-ring (bicyclic) bond motifs is 1. The molecule has 116 valence electrons. The van der Waals surface area contributed by atoms with E-state index in [1.807, 2.05) is 6.92 Å². The van der Waals surface area contributed by atoms with Crippen LogP contribution in [-0.2, 0) is 17.8 Å². The Morgan fingerprint density at radius 1 is 1.45 bits per heavy atom. The number of carbonyl (C=O) groups excluding carboxylic acids is 1. The Hall–Kier alpha value is -1.56. The van der Waals surface area contributed by atoms with Crippen LogP contribution in [0.15, 0.2) is 29.6 Å². The number of thiophene rings is 1. The third-order valence-electron chi connectivity index (χ3n) is 4.03. The predicted molar refractivity (Wildman–Crippen MR) is 92.4 cm³/mol. The minimum atomic E-state index is -0.190. The van der Waals surface area contributed by atoms with Gasteiger partial charge in [-0.1, -0.05) is 11.6 Å². The number of nitrogen functional groups attached to an aromatic ring is 1. The third kappa shape index (κ3) is 3.11. The van der Waals surface area contributed by atoms with Gasteiger partial charge in [-0.15, -0.1) is 11.3 Å². The summed E-state index contributed by atoms with van der Waals surface area (Å²) < 4.78 is 0. The predicted octanol–water partition coefficient (Wildman–Crippen LogP) is 3.37. The molecule has 3 N–H and O–H groups in total. The molecular formula is C16H18ClN3OS. The van der Waals surface area contributed by atoms with E-state index in [-0.39, 0.29) is 11.9 Å². The van der Waals surface area contributed by atoms with Crippen molar-refractivity contribution in [3.05, 3.63) is 45.1 Å². The Labute approximate surface area is 138 Å². The maximum absolute atomic E-state index is 12.4. The molecule has 4 nitrogen and oxygen atoms in total. The zero-order valence-electron chi connectivity index (χ0n) is 12.3. The number of hydrogen-bond acceptors (Lipinski definition) is 4. The van der Waals surface area contributed by atoms with Gasteiger partial charge in [-0.2, -0.15) is 0 Å². The first kappa shape index (κ1) is 15.3. The highest BCUT2D eigenvalue weighted by atomic mass is 35.5. The fourth-order valence-corrected chi connectivity index (χ4v) is 3.64. The number of benzene rings is 1. The third-order valence-corrected chi connectivity index (χ3v) is 5.40. The van der Waals surface area contributed by atoms with Crippen LogP contribution in [0.25, 0.3) is 0 Å². The lowest BCUT2D eigenvalue weighted by Crippen LogP contribution is -2.44. The molecule has 22 heavy (non-hydrogen) atoms. The first-order valence-corrected chi connectivity index (χ1v) is 8.45. The zero-order valence-corrected chi connectivity index (χ0v) is 13.9. The van der Waals surface area contributed by atoms with Crippen LogP contribution in [0.5, 0.6) is 0 Å². The molecule has 2 aromatic rings. The molecule has 0 aliphatic carbocycles. The van der Waals surface area contributed by atoms with Crippen LogP contribution >= 0.6 is 22.9 Å². The van der Waals surface area contributed by atoms with E-state index in [0.717, 1.165) is 19.5 Å². The Bertz CT molecular complexity index is 700. The number of hydrogen-bond donors (Lipinski definition) is 2. The molecule has 6 heteroatoms. The van der Waals surface area contributed by atoms with Gasteiger partial charge in [-0.25, -0.2) is 0 Å². The molecule has 0 bridgehead atoms. The van der Waals surface area contributed by atoms with Gasteiger partial charge in [0.1, 0.15) is 0 Å². The first-order valence-electron chi connectivity index (χ1n) is 7.20. The quantitative estimate of drug-likeness (QED) is 0.845. The summed E-state index contributed by atoms with van der Waals surface area (Å²) >= 11 is 7.69. The van der Waals surface area contributed by atoms with Gasteiger partial charge in [-0.3, -0.25) is 9.69 Å². The molecule has 1 aromatic carbocycles. The number of carbonyl (C=O) groups is 1. The van der Waals surface area contributed by atoms with E-state index < -0.39 is 0 Å². The number of anilines is 2. The summed E-state index contributed by atoms with van der Waals surface area (Å²) in [6, 6.07) is 7.09. The van der Waals surface area contributed by atoms with Gasteiger partial charge in [0.15, 0.2) is 0 Å². The molecular weight excluding hydrogens is 318 g/mol. The largest absolute Gasteiger partial charge is 0.397 e. The van der Waals surface area contributed by atoms with Gasteiger partial charge >= 0.3 is 0 Å². The molecule has 0 radical (unpaired) electrons. The van der Waals surface area contributed by atoms with Gasteiger partial charge < -0.3 is 11.1 Å². The van der Waals surface area contributed by atoms with Crippen LogP contribution in [0.4, 0.5) is 11.4 Å². The van der Waals surface area contributed by atoms with Crippen LogP contribution in [0.2, 0.25) is 5.02 Å². The standard InChI is InChI=1S/C16H18ClN3OS/c1-10(20-6-4-15-11(9-20)5-7-22-15)16(21)19-12-2-3-13(17)14(18)8-12/h2-3,5,7-8,10H,4,6,9,18H2,1H3,(H,19,21). The lowest BCUT2D eigenvalue weighted by molar-refractivity contribution is -0.121. The first-order chi connectivity index (χ1) is 10.5. The smallest absolute Gasteiger partial charge is 0.241 e. The molecule has 0 fully saturated rings. The second-order valence-electron chi connectivity index (χ2n) is 5.49. The summed E-state index contributed by atoms with van der Waals surface area (Å²) in [6.45, 7) is 3.67. The lowest BCUT2D eigenvalue weighted by atomic mass is 10.1. The number of nitrogens with one attached hydrogen (secondary N) is 1. The van der Waals surface area contributed by atoms with Crippen LogP contribution in [0, 0.1) is 0 Å². The SMILES string of the molecule is CC(C(=O)Nc1ccc(Cl)c(N)c1)N1CCc2sccc2C1. The topological polar surface area (TPSA) is 58.4 Å². The minimum absolute atomic E-state index is 0.0274. The summed E-state index contributed by atoms with van der Waals surface area (Å²) in [4.78, 5) is 16.1. The lowest BCUT2D eigenvalue weighted by Gasteiger charge is -2.31.